The Morgan fingerprint density at radius 2 is 1.76 bits per heavy atom. The number of nitrogens with one attached hydrogen (secondary N) is 1. The number of hydrogen-bond acceptors (Lipinski definition) is 3. The van der Waals surface area contributed by atoms with Crippen molar-refractivity contribution in [1.29, 1.82) is 0 Å². The van der Waals surface area contributed by atoms with E-state index >= 15 is 0 Å². The molecule has 1 aliphatic carbocycles. The maximum Gasteiger partial charge on any atom is 0.0113 e. The number of nitrogens with zero attached hydrogens (tertiary/aromatic N) is 2. The van der Waals surface area contributed by atoms with E-state index in [4.69, 9.17) is 0 Å². The minimum atomic E-state index is 0.776. The lowest BCUT2D eigenvalue weighted by Gasteiger charge is -2.39. The van der Waals surface area contributed by atoms with E-state index in [-0.39, 0.29) is 0 Å². The largest absolute Gasteiger partial charge is 0.319 e. The molecule has 3 heteroatoms. The zero-order chi connectivity index (χ0) is 12.1. The van der Waals surface area contributed by atoms with Crippen LogP contribution in [0.2, 0.25) is 0 Å². The molecule has 1 saturated heterocycles. The van der Waals surface area contributed by atoms with Crippen LogP contribution >= 0.6 is 0 Å². The average Bonchev–Trinajstić information content (AvgIpc) is 2.84. The number of piperazine rings is 1. The zero-order valence-electron chi connectivity index (χ0n) is 11.6. The minimum absolute atomic E-state index is 0.776. The molecule has 2 fully saturated rings. The molecule has 0 aromatic rings. The van der Waals surface area contributed by atoms with Crippen molar-refractivity contribution in [3.8, 4) is 0 Å². The Hall–Kier alpha value is -0.120. The van der Waals surface area contributed by atoms with Crippen molar-refractivity contribution in [2.75, 3.05) is 46.3 Å². The zero-order valence-corrected chi connectivity index (χ0v) is 11.6. The first-order valence-electron chi connectivity index (χ1n) is 7.40. The van der Waals surface area contributed by atoms with Crippen LogP contribution in [0.25, 0.3) is 0 Å². The summed E-state index contributed by atoms with van der Waals surface area (Å²) in [7, 11) is 2.05. The molecule has 1 atom stereocenters. The van der Waals surface area contributed by atoms with Gasteiger partial charge in [0.15, 0.2) is 0 Å². The third-order valence-electron chi connectivity index (χ3n) is 4.37. The van der Waals surface area contributed by atoms with Crippen molar-refractivity contribution in [2.45, 2.75) is 38.6 Å². The van der Waals surface area contributed by atoms with Crippen molar-refractivity contribution >= 4 is 0 Å². The predicted molar refractivity (Wildman–Crippen MR) is 73.4 cm³/mol. The molecule has 3 nitrogen and oxygen atoms in total. The molecule has 100 valence electrons. The molecule has 1 unspecified atom stereocenters. The monoisotopic (exact) mass is 239 g/mol. The van der Waals surface area contributed by atoms with Gasteiger partial charge in [0, 0.05) is 38.8 Å². The molecule has 2 rings (SSSR count). The van der Waals surface area contributed by atoms with E-state index in [9.17, 15) is 0 Å². The second-order valence-corrected chi connectivity index (χ2v) is 5.94. The molecule has 1 N–H and O–H groups in total. The van der Waals surface area contributed by atoms with Crippen LogP contribution in [0.4, 0.5) is 0 Å². The summed E-state index contributed by atoms with van der Waals surface area (Å²) >= 11 is 0. The van der Waals surface area contributed by atoms with Gasteiger partial charge in [-0.1, -0.05) is 19.8 Å². The molecule has 0 radical (unpaired) electrons. The Balaban J connectivity index is 1.66. The standard InChI is InChI=1S/C14H29N3/c1-13(11-15-2)12-16-7-9-17(10-8-16)14-5-3-4-6-14/h13-15H,3-12H2,1-2H3. The van der Waals surface area contributed by atoms with E-state index in [0.717, 1.165) is 18.5 Å². The van der Waals surface area contributed by atoms with Crippen LogP contribution < -0.4 is 5.32 Å². The highest BCUT2D eigenvalue weighted by Crippen LogP contribution is 2.24. The summed E-state index contributed by atoms with van der Waals surface area (Å²) < 4.78 is 0. The van der Waals surface area contributed by atoms with Gasteiger partial charge in [-0.2, -0.15) is 0 Å². The molecular formula is C14H29N3. The third-order valence-corrected chi connectivity index (χ3v) is 4.37. The second-order valence-electron chi connectivity index (χ2n) is 5.94. The van der Waals surface area contributed by atoms with Gasteiger partial charge in [0.2, 0.25) is 0 Å². The maximum absolute atomic E-state index is 3.27. The Morgan fingerprint density at radius 1 is 1.12 bits per heavy atom. The van der Waals surface area contributed by atoms with Crippen molar-refractivity contribution in [2.24, 2.45) is 5.92 Å². The number of rotatable bonds is 5. The third kappa shape index (κ3) is 3.94. The summed E-state index contributed by atoms with van der Waals surface area (Å²) in [5.41, 5.74) is 0. The van der Waals surface area contributed by atoms with Gasteiger partial charge in [0.1, 0.15) is 0 Å². The Kier molecular flexibility index (Phi) is 5.26. The van der Waals surface area contributed by atoms with E-state index in [1.165, 1.54) is 58.4 Å². The minimum Gasteiger partial charge on any atom is -0.319 e. The molecule has 0 amide bonds. The van der Waals surface area contributed by atoms with Gasteiger partial charge in [0.05, 0.1) is 0 Å². The maximum atomic E-state index is 3.27. The Morgan fingerprint density at radius 3 is 2.35 bits per heavy atom. The van der Waals surface area contributed by atoms with Crippen molar-refractivity contribution in [1.82, 2.24) is 15.1 Å². The topological polar surface area (TPSA) is 18.5 Å². The lowest BCUT2D eigenvalue weighted by molar-refractivity contribution is 0.0893. The Bertz CT molecular complexity index is 206. The molecule has 1 heterocycles. The van der Waals surface area contributed by atoms with Crippen molar-refractivity contribution < 1.29 is 0 Å². The summed E-state index contributed by atoms with van der Waals surface area (Å²) in [6.07, 6.45) is 5.83. The summed E-state index contributed by atoms with van der Waals surface area (Å²) in [6, 6.07) is 0.923. The molecule has 0 aromatic heterocycles. The summed E-state index contributed by atoms with van der Waals surface area (Å²) in [5.74, 6) is 0.776. The van der Waals surface area contributed by atoms with Crippen LogP contribution in [0.1, 0.15) is 32.6 Å². The van der Waals surface area contributed by atoms with Gasteiger partial charge in [-0.25, -0.2) is 0 Å². The summed E-state index contributed by atoms with van der Waals surface area (Å²) in [6.45, 7) is 9.92. The molecule has 1 aliphatic heterocycles. The summed E-state index contributed by atoms with van der Waals surface area (Å²) in [5, 5.41) is 3.27. The first-order valence-corrected chi connectivity index (χ1v) is 7.40. The number of hydrogen-bond donors (Lipinski definition) is 1. The van der Waals surface area contributed by atoms with Gasteiger partial charge in [0.25, 0.3) is 0 Å². The van der Waals surface area contributed by atoms with E-state index in [1.54, 1.807) is 0 Å². The van der Waals surface area contributed by atoms with Crippen molar-refractivity contribution in [3.05, 3.63) is 0 Å². The second kappa shape index (κ2) is 6.72. The van der Waals surface area contributed by atoms with Crippen LogP contribution in [0, 0.1) is 5.92 Å². The molecule has 0 spiro atoms. The van der Waals surface area contributed by atoms with Crippen LogP contribution in [-0.4, -0.2) is 62.2 Å². The van der Waals surface area contributed by atoms with Crippen LogP contribution in [0.3, 0.4) is 0 Å². The van der Waals surface area contributed by atoms with Crippen LogP contribution in [0.15, 0.2) is 0 Å². The smallest absolute Gasteiger partial charge is 0.0113 e. The predicted octanol–water partition coefficient (Wildman–Crippen LogP) is 1.40. The SMILES string of the molecule is CNCC(C)CN1CCN(C2CCCC2)CC1. The van der Waals surface area contributed by atoms with Gasteiger partial charge in [-0.15, -0.1) is 0 Å². The van der Waals surface area contributed by atoms with Crippen molar-refractivity contribution in [3.63, 3.8) is 0 Å². The fourth-order valence-corrected chi connectivity index (χ4v) is 3.43. The van der Waals surface area contributed by atoms with E-state index in [0.29, 0.717) is 0 Å². The van der Waals surface area contributed by atoms with E-state index in [2.05, 4.69) is 29.1 Å². The quantitative estimate of drug-likeness (QED) is 0.782. The highest BCUT2D eigenvalue weighted by molar-refractivity contribution is 4.82. The summed E-state index contributed by atoms with van der Waals surface area (Å²) in [4.78, 5) is 5.39. The highest BCUT2D eigenvalue weighted by atomic mass is 15.3. The van der Waals surface area contributed by atoms with E-state index in [1.807, 2.05) is 0 Å². The average molecular weight is 239 g/mol. The van der Waals surface area contributed by atoms with Gasteiger partial charge in [-0.05, 0) is 32.4 Å². The lowest BCUT2D eigenvalue weighted by Crippen LogP contribution is -2.50. The van der Waals surface area contributed by atoms with Gasteiger partial charge < -0.3 is 10.2 Å². The highest BCUT2D eigenvalue weighted by Gasteiger charge is 2.26. The van der Waals surface area contributed by atoms with Crippen LogP contribution in [0.5, 0.6) is 0 Å². The molecule has 17 heavy (non-hydrogen) atoms. The fraction of sp³-hybridized carbons (Fsp3) is 1.00. The van der Waals surface area contributed by atoms with E-state index < -0.39 is 0 Å². The van der Waals surface area contributed by atoms with Crippen LogP contribution in [-0.2, 0) is 0 Å². The lowest BCUT2D eigenvalue weighted by atomic mass is 10.1. The van der Waals surface area contributed by atoms with Gasteiger partial charge in [-0.3, -0.25) is 4.90 Å². The molecular weight excluding hydrogens is 210 g/mol. The first-order chi connectivity index (χ1) is 8.29. The first kappa shape index (κ1) is 13.3. The molecule has 2 aliphatic rings. The molecule has 1 saturated carbocycles. The normalized spacial score (nSPS) is 26.5. The fourth-order valence-electron chi connectivity index (χ4n) is 3.43. The molecule has 0 bridgehead atoms. The molecule has 0 aromatic carbocycles. The Labute approximate surface area is 107 Å². The van der Waals surface area contributed by atoms with Gasteiger partial charge >= 0.3 is 0 Å².